The number of nitrogens with one attached hydrogen (secondary N) is 1. The molecule has 40 heavy (non-hydrogen) atoms. The van der Waals surface area contributed by atoms with E-state index in [9.17, 15) is 9.90 Å². The van der Waals surface area contributed by atoms with Crippen LogP contribution < -0.4 is 15.1 Å². The van der Waals surface area contributed by atoms with E-state index in [4.69, 9.17) is 15.0 Å². The summed E-state index contributed by atoms with van der Waals surface area (Å²) in [5.41, 5.74) is 4.82. The first-order valence-electron chi connectivity index (χ1n) is 13.9. The van der Waals surface area contributed by atoms with Crippen molar-refractivity contribution in [2.45, 2.75) is 45.2 Å². The van der Waals surface area contributed by atoms with Gasteiger partial charge in [0.2, 0.25) is 11.9 Å². The van der Waals surface area contributed by atoms with E-state index in [-0.39, 0.29) is 12.5 Å². The van der Waals surface area contributed by atoms with Crippen molar-refractivity contribution >= 4 is 50.7 Å². The molecule has 0 spiro atoms. The Hall–Kier alpha value is -3.67. The minimum Gasteiger partial charge on any atom is -0.395 e. The molecule has 11 heteroatoms. The van der Waals surface area contributed by atoms with Gasteiger partial charge in [-0.25, -0.2) is 15.0 Å². The van der Waals surface area contributed by atoms with E-state index in [0.717, 1.165) is 82.7 Å². The van der Waals surface area contributed by atoms with Crippen molar-refractivity contribution in [2.24, 2.45) is 0 Å². The van der Waals surface area contributed by atoms with Gasteiger partial charge in [-0.1, -0.05) is 0 Å². The van der Waals surface area contributed by atoms with Crippen LogP contribution in [0.25, 0.3) is 20.8 Å². The summed E-state index contributed by atoms with van der Waals surface area (Å²) >= 11 is 1.60. The van der Waals surface area contributed by atoms with Crippen LogP contribution in [0, 0.1) is 13.8 Å². The molecule has 206 valence electrons. The van der Waals surface area contributed by atoms with Crippen molar-refractivity contribution in [1.82, 2.24) is 24.8 Å². The van der Waals surface area contributed by atoms with Crippen LogP contribution in [0.4, 0.5) is 23.3 Å². The first kappa shape index (κ1) is 25.3. The van der Waals surface area contributed by atoms with Gasteiger partial charge in [0.1, 0.15) is 16.6 Å². The Labute approximate surface area is 236 Å². The average molecular weight is 557 g/mol. The molecule has 2 atom stereocenters. The summed E-state index contributed by atoms with van der Waals surface area (Å²) in [5.74, 6) is 2.31. The van der Waals surface area contributed by atoms with Gasteiger partial charge >= 0.3 is 0 Å². The molecule has 10 nitrogen and oxygen atoms in total. The second kappa shape index (κ2) is 10.1. The lowest BCUT2D eigenvalue weighted by Gasteiger charge is -2.34. The minimum absolute atomic E-state index is 0.185. The number of pyridine rings is 1. The van der Waals surface area contributed by atoms with Gasteiger partial charge in [0.05, 0.1) is 16.8 Å². The van der Waals surface area contributed by atoms with E-state index in [1.54, 1.807) is 11.3 Å². The zero-order chi connectivity index (χ0) is 27.4. The molecule has 0 unspecified atom stereocenters. The highest BCUT2D eigenvalue weighted by molar-refractivity contribution is 7.21. The molecule has 0 radical (unpaired) electrons. The largest absolute Gasteiger partial charge is 0.395 e. The number of benzene rings is 1. The molecule has 3 aromatic heterocycles. The highest BCUT2D eigenvalue weighted by Crippen LogP contribution is 2.36. The molecule has 0 saturated carbocycles. The van der Waals surface area contributed by atoms with Crippen molar-refractivity contribution < 1.29 is 9.90 Å². The predicted octanol–water partition coefficient (Wildman–Crippen LogP) is 3.89. The number of aliphatic hydroxyl groups is 1. The number of carbonyl (C=O) groups is 1. The number of piperazine rings is 1. The van der Waals surface area contributed by atoms with Gasteiger partial charge in [-0.15, -0.1) is 11.3 Å². The van der Waals surface area contributed by atoms with Crippen molar-refractivity contribution in [1.29, 1.82) is 0 Å². The SMILES string of the molecule is Cc1cc(-c2nc3cc(Nc4cc(C)nc(N5C[C@@H]6C[C@H]5CN6CCO)n4)ncc3s2)cc(N2CCCC2=O)c1. The third kappa shape index (κ3) is 4.67. The molecule has 2 bridgehead atoms. The summed E-state index contributed by atoms with van der Waals surface area (Å²) in [6, 6.07) is 11.0. The van der Waals surface area contributed by atoms with Crippen LogP contribution in [0.1, 0.15) is 30.5 Å². The van der Waals surface area contributed by atoms with Crippen LogP contribution in [0.2, 0.25) is 0 Å². The zero-order valence-corrected chi connectivity index (χ0v) is 23.5. The van der Waals surface area contributed by atoms with Crippen LogP contribution >= 0.6 is 11.3 Å². The standard InChI is InChI=1S/C29H32N8O2S/c1-17-8-19(11-20(9-17)36-5-3-4-27(36)39)28-32-23-13-25(30-14-24(23)40-28)33-26-10-18(2)31-29(34-26)37-16-21-12-22(37)15-35(21)6-7-38/h8-11,13-14,21-22,38H,3-7,12,15-16H2,1-2H3,(H,30,31,33,34)/t21-,22-/m0/s1. The summed E-state index contributed by atoms with van der Waals surface area (Å²) < 4.78 is 1.00. The van der Waals surface area contributed by atoms with Crippen LogP contribution in [0.15, 0.2) is 36.5 Å². The van der Waals surface area contributed by atoms with Gasteiger partial charge in [-0.3, -0.25) is 9.69 Å². The monoisotopic (exact) mass is 556 g/mol. The molecule has 1 aromatic carbocycles. The molecule has 3 aliphatic rings. The molecule has 1 amide bonds. The molecular formula is C29H32N8O2S. The maximum absolute atomic E-state index is 12.3. The quantitative estimate of drug-likeness (QED) is 0.350. The average Bonchev–Trinajstić information content (AvgIpc) is 3.71. The number of aryl methyl sites for hydroxylation is 2. The van der Waals surface area contributed by atoms with E-state index in [0.29, 0.717) is 30.1 Å². The fraction of sp³-hybridized carbons (Fsp3) is 0.414. The third-order valence-electron chi connectivity index (χ3n) is 8.07. The fourth-order valence-corrected chi connectivity index (χ4v) is 7.17. The Bertz CT molecular complexity index is 1610. The number of anilines is 4. The summed E-state index contributed by atoms with van der Waals surface area (Å²) in [7, 11) is 0. The molecule has 3 aliphatic heterocycles. The van der Waals surface area contributed by atoms with Gasteiger partial charge in [0.15, 0.2) is 0 Å². The molecule has 3 saturated heterocycles. The van der Waals surface area contributed by atoms with Crippen LogP contribution in [-0.4, -0.2) is 80.7 Å². The Morgan fingerprint density at radius 2 is 1.95 bits per heavy atom. The number of aromatic nitrogens is 4. The van der Waals surface area contributed by atoms with E-state index in [1.165, 1.54) is 0 Å². The Kier molecular flexibility index (Phi) is 6.37. The Morgan fingerprint density at radius 3 is 2.73 bits per heavy atom. The molecule has 0 aliphatic carbocycles. The number of fused-ring (bicyclic) bond motifs is 3. The Morgan fingerprint density at radius 1 is 1.05 bits per heavy atom. The third-order valence-corrected chi connectivity index (χ3v) is 9.12. The van der Waals surface area contributed by atoms with Crippen molar-refractivity contribution in [3.63, 3.8) is 0 Å². The molecular weight excluding hydrogens is 524 g/mol. The maximum Gasteiger partial charge on any atom is 0.227 e. The zero-order valence-electron chi connectivity index (χ0n) is 22.7. The number of carbonyl (C=O) groups excluding carboxylic acids is 1. The summed E-state index contributed by atoms with van der Waals surface area (Å²) in [6.07, 6.45) is 4.45. The predicted molar refractivity (Wildman–Crippen MR) is 157 cm³/mol. The number of hydrogen-bond donors (Lipinski definition) is 2. The van der Waals surface area contributed by atoms with Gasteiger partial charge in [-0.2, -0.15) is 4.98 Å². The van der Waals surface area contributed by atoms with Crippen molar-refractivity contribution in [2.75, 3.05) is 47.9 Å². The smallest absolute Gasteiger partial charge is 0.227 e. The van der Waals surface area contributed by atoms with E-state index >= 15 is 0 Å². The number of amides is 1. The number of aliphatic hydroxyl groups excluding tert-OH is 1. The van der Waals surface area contributed by atoms with Crippen LogP contribution in [0.3, 0.4) is 0 Å². The van der Waals surface area contributed by atoms with Crippen molar-refractivity contribution in [3.05, 3.63) is 47.8 Å². The number of likely N-dealkylation sites (tertiary alicyclic amines) is 1. The second-order valence-corrected chi connectivity index (χ2v) is 12.0. The molecule has 2 N–H and O–H groups in total. The number of nitrogens with zero attached hydrogens (tertiary/aromatic N) is 7. The van der Waals surface area contributed by atoms with E-state index in [1.807, 2.05) is 30.2 Å². The number of β-amino-alcohol motifs (C(OH)–C–C–N with tert-alkyl or cyclic N) is 1. The lowest BCUT2D eigenvalue weighted by atomic mass is 10.1. The number of thiazole rings is 1. The molecule has 6 heterocycles. The highest BCUT2D eigenvalue weighted by atomic mass is 32.1. The van der Waals surface area contributed by atoms with Gasteiger partial charge in [-0.05, 0) is 50.5 Å². The molecule has 3 fully saturated rings. The minimum atomic E-state index is 0.185. The van der Waals surface area contributed by atoms with Crippen molar-refractivity contribution in [3.8, 4) is 10.6 Å². The summed E-state index contributed by atoms with van der Waals surface area (Å²) in [5, 5.41) is 13.6. The van der Waals surface area contributed by atoms with Gasteiger partial charge in [0.25, 0.3) is 0 Å². The van der Waals surface area contributed by atoms with Gasteiger partial charge < -0.3 is 20.2 Å². The maximum atomic E-state index is 12.3. The van der Waals surface area contributed by atoms with Gasteiger partial charge in [0, 0.05) is 80.0 Å². The van der Waals surface area contributed by atoms with Crippen LogP contribution in [0.5, 0.6) is 0 Å². The highest BCUT2D eigenvalue weighted by Gasteiger charge is 2.44. The first-order chi connectivity index (χ1) is 19.4. The summed E-state index contributed by atoms with van der Waals surface area (Å²) in [4.78, 5) is 38.0. The van der Waals surface area contributed by atoms with E-state index in [2.05, 4.69) is 45.2 Å². The second-order valence-electron chi connectivity index (χ2n) is 11.0. The normalized spacial score (nSPS) is 20.8. The lowest BCUT2D eigenvalue weighted by Crippen LogP contribution is -2.47. The molecule has 7 rings (SSSR count). The number of rotatable bonds is 7. The fourth-order valence-electron chi connectivity index (χ4n) is 6.26. The van der Waals surface area contributed by atoms with E-state index < -0.39 is 0 Å². The number of hydrogen-bond acceptors (Lipinski definition) is 10. The topological polar surface area (TPSA) is 111 Å². The Balaban J connectivity index is 1.12. The lowest BCUT2D eigenvalue weighted by molar-refractivity contribution is -0.117. The molecule has 4 aromatic rings. The first-order valence-corrected chi connectivity index (χ1v) is 14.7. The summed E-state index contributed by atoms with van der Waals surface area (Å²) in [6.45, 7) is 7.55. The van der Waals surface area contributed by atoms with Crippen LogP contribution in [-0.2, 0) is 4.79 Å².